The molecular weight excluding hydrogens is 308 g/mol. The molecular formula is C18H20N2O4. The molecule has 24 heavy (non-hydrogen) atoms. The normalized spacial score (nSPS) is 11.0. The Hall–Kier alpha value is -2.86. The second-order valence-corrected chi connectivity index (χ2v) is 5.45. The number of nitrogens with zero attached hydrogens (tertiary/aromatic N) is 1. The number of phenols is 1. The fraction of sp³-hybridized carbons (Fsp3) is 0.222. The highest BCUT2D eigenvalue weighted by Gasteiger charge is 2.11. The van der Waals surface area contributed by atoms with Gasteiger partial charge in [-0.05, 0) is 37.1 Å². The van der Waals surface area contributed by atoms with Gasteiger partial charge in [0.15, 0.2) is 0 Å². The van der Waals surface area contributed by atoms with Crippen molar-refractivity contribution in [3.63, 3.8) is 0 Å². The van der Waals surface area contributed by atoms with Crippen molar-refractivity contribution in [3.05, 3.63) is 58.4 Å². The molecule has 6 nitrogen and oxygen atoms in total. The number of carbonyl (C=O) groups excluding carboxylic acids is 1. The molecule has 0 bridgehead atoms. The zero-order chi connectivity index (χ0) is 17.7. The fourth-order valence-electron chi connectivity index (χ4n) is 2.15. The van der Waals surface area contributed by atoms with Crippen LogP contribution < -0.4 is 5.32 Å². The van der Waals surface area contributed by atoms with Crippen molar-refractivity contribution in [2.24, 2.45) is 0 Å². The molecule has 0 aliphatic rings. The van der Waals surface area contributed by atoms with E-state index in [1.807, 2.05) is 0 Å². The Morgan fingerprint density at radius 3 is 2.71 bits per heavy atom. The number of benzene rings is 1. The van der Waals surface area contributed by atoms with Crippen LogP contribution in [0.25, 0.3) is 6.08 Å². The minimum absolute atomic E-state index is 0.0331. The predicted octanol–water partition coefficient (Wildman–Crippen LogP) is 1.93. The van der Waals surface area contributed by atoms with E-state index in [9.17, 15) is 20.1 Å². The highest BCUT2D eigenvalue weighted by molar-refractivity contribution is 5.91. The number of phenolic OH excluding ortho intramolecular Hbond substituents is 1. The van der Waals surface area contributed by atoms with E-state index in [0.29, 0.717) is 22.4 Å². The lowest BCUT2D eigenvalue weighted by molar-refractivity contribution is -0.116. The number of aliphatic hydroxyl groups is 1. The summed E-state index contributed by atoms with van der Waals surface area (Å²) in [7, 11) is 0. The Labute approximate surface area is 140 Å². The van der Waals surface area contributed by atoms with Crippen LogP contribution >= 0.6 is 0 Å². The van der Waals surface area contributed by atoms with Crippen LogP contribution in [0.5, 0.6) is 11.5 Å². The van der Waals surface area contributed by atoms with E-state index in [1.165, 1.54) is 12.3 Å². The molecule has 1 aromatic carbocycles. The number of hydrogen-bond acceptors (Lipinski definition) is 5. The Morgan fingerprint density at radius 2 is 2.04 bits per heavy atom. The Bertz CT molecular complexity index is 785. The van der Waals surface area contributed by atoms with Gasteiger partial charge in [-0.15, -0.1) is 0 Å². The third kappa shape index (κ3) is 4.11. The average molecular weight is 328 g/mol. The first-order chi connectivity index (χ1) is 11.4. The maximum atomic E-state index is 11.9. The highest BCUT2D eigenvalue weighted by Crippen LogP contribution is 2.23. The van der Waals surface area contributed by atoms with E-state index in [-0.39, 0.29) is 30.6 Å². The zero-order valence-electron chi connectivity index (χ0n) is 13.6. The number of amides is 1. The highest BCUT2D eigenvalue weighted by atomic mass is 16.3. The summed E-state index contributed by atoms with van der Waals surface area (Å²) in [6.07, 6.45) is 4.40. The van der Waals surface area contributed by atoms with Crippen LogP contribution in [-0.4, -0.2) is 26.2 Å². The van der Waals surface area contributed by atoms with Crippen molar-refractivity contribution >= 4 is 12.0 Å². The maximum absolute atomic E-state index is 11.9. The van der Waals surface area contributed by atoms with E-state index >= 15 is 0 Å². The van der Waals surface area contributed by atoms with Crippen molar-refractivity contribution in [2.75, 3.05) is 0 Å². The van der Waals surface area contributed by atoms with Gasteiger partial charge < -0.3 is 20.6 Å². The number of rotatable bonds is 5. The predicted molar refractivity (Wildman–Crippen MR) is 90.3 cm³/mol. The number of aromatic nitrogens is 1. The summed E-state index contributed by atoms with van der Waals surface area (Å²) < 4.78 is 0. The summed E-state index contributed by atoms with van der Waals surface area (Å²) >= 11 is 0. The minimum atomic E-state index is -0.354. The van der Waals surface area contributed by atoms with Crippen molar-refractivity contribution in [1.29, 1.82) is 0 Å². The first kappa shape index (κ1) is 17.5. The third-order valence-electron chi connectivity index (χ3n) is 3.70. The number of carbonyl (C=O) groups is 1. The van der Waals surface area contributed by atoms with Crippen molar-refractivity contribution in [2.45, 2.75) is 27.0 Å². The van der Waals surface area contributed by atoms with E-state index in [1.54, 1.807) is 38.1 Å². The van der Waals surface area contributed by atoms with Gasteiger partial charge in [0.25, 0.3) is 0 Å². The van der Waals surface area contributed by atoms with Gasteiger partial charge in [0.1, 0.15) is 11.5 Å². The molecule has 1 amide bonds. The molecule has 4 N–H and O–H groups in total. The zero-order valence-corrected chi connectivity index (χ0v) is 13.6. The van der Waals surface area contributed by atoms with Gasteiger partial charge in [-0.25, -0.2) is 0 Å². The van der Waals surface area contributed by atoms with E-state index in [4.69, 9.17) is 0 Å². The molecule has 2 rings (SSSR count). The molecule has 0 spiro atoms. The lowest BCUT2D eigenvalue weighted by Crippen LogP contribution is -2.21. The van der Waals surface area contributed by atoms with Crippen LogP contribution in [0, 0.1) is 13.8 Å². The molecule has 1 heterocycles. The number of nitrogens with one attached hydrogen (secondary N) is 1. The number of aliphatic hydroxyl groups excluding tert-OH is 1. The lowest BCUT2D eigenvalue weighted by Gasteiger charge is -2.11. The second kappa shape index (κ2) is 7.61. The number of hydrogen-bond donors (Lipinski definition) is 4. The molecule has 0 aliphatic heterocycles. The SMILES string of the molecule is Cc1ccc(/C=C/C(=O)NCc2c(CO)cnc(C)c2O)cc1O. The van der Waals surface area contributed by atoms with Gasteiger partial charge in [0.05, 0.1) is 12.3 Å². The van der Waals surface area contributed by atoms with Crippen LogP contribution in [0.15, 0.2) is 30.5 Å². The van der Waals surface area contributed by atoms with Gasteiger partial charge in [0, 0.05) is 29.9 Å². The van der Waals surface area contributed by atoms with Crippen molar-refractivity contribution in [1.82, 2.24) is 10.3 Å². The lowest BCUT2D eigenvalue weighted by atomic mass is 10.1. The summed E-state index contributed by atoms with van der Waals surface area (Å²) in [5, 5.41) is 31.6. The van der Waals surface area contributed by atoms with Crippen LogP contribution in [0.1, 0.15) is 27.9 Å². The molecule has 0 fully saturated rings. The second-order valence-electron chi connectivity index (χ2n) is 5.45. The summed E-state index contributed by atoms with van der Waals surface area (Å²) in [6, 6.07) is 5.13. The number of pyridine rings is 1. The van der Waals surface area contributed by atoms with Gasteiger partial charge >= 0.3 is 0 Å². The average Bonchev–Trinajstić information content (AvgIpc) is 2.57. The molecule has 0 unspecified atom stereocenters. The smallest absolute Gasteiger partial charge is 0.244 e. The van der Waals surface area contributed by atoms with Gasteiger partial charge in [-0.3, -0.25) is 9.78 Å². The summed E-state index contributed by atoms with van der Waals surface area (Å²) in [5.74, 6) is -0.218. The van der Waals surface area contributed by atoms with Gasteiger partial charge in [0.2, 0.25) is 5.91 Å². The number of aromatic hydroxyl groups is 2. The molecule has 0 radical (unpaired) electrons. The molecule has 0 atom stereocenters. The molecule has 126 valence electrons. The largest absolute Gasteiger partial charge is 0.508 e. The van der Waals surface area contributed by atoms with Gasteiger partial charge in [-0.2, -0.15) is 0 Å². The van der Waals surface area contributed by atoms with Crippen molar-refractivity contribution < 1.29 is 20.1 Å². The standard InChI is InChI=1S/C18H20N2O4/c1-11-3-4-13(7-16(11)22)5-6-17(23)20-9-15-14(10-21)8-19-12(2)18(15)24/h3-8,21-22,24H,9-10H2,1-2H3,(H,20,23)/b6-5+. The Balaban J connectivity index is 2.04. The minimum Gasteiger partial charge on any atom is -0.508 e. The Kier molecular flexibility index (Phi) is 5.55. The summed E-state index contributed by atoms with van der Waals surface area (Å²) in [6.45, 7) is 3.24. The van der Waals surface area contributed by atoms with Crippen LogP contribution in [0.4, 0.5) is 0 Å². The first-order valence-electron chi connectivity index (χ1n) is 7.45. The molecule has 0 aliphatic carbocycles. The van der Waals surface area contributed by atoms with E-state index in [2.05, 4.69) is 10.3 Å². The fourth-order valence-corrected chi connectivity index (χ4v) is 2.15. The summed E-state index contributed by atoms with van der Waals surface area (Å²) in [5.41, 5.74) is 2.80. The van der Waals surface area contributed by atoms with E-state index in [0.717, 1.165) is 5.56 Å². The summed E-state index contributed by atoms with van der Waals surface area (Å²) in [4.78, 5) is 15.9. The molecule has 0 saturated carbocycles. The monoisotopic (exact) mass is 328 g/mol. The molecule has 2 aromatic rings. The van der Waals surface area contributed by atoms with Crippen LogP contribution in [-0.2, 0) is 17.9 Å². The molecule has 0 saturated heterocycles. The topological polar surface area (TPSA) is 103 Å². The third-order valence-corrected chi connectivity index (χ3v) is 3.70. The maximum Gasteiger partial charge on any atom is 0.244 e. The van der Waals surface area contributed by atoms with Crippen LogP contribution in [0.3, 0.4) is 0 Å². The quantitative estimate of drug-likeness (QED) is 0.628. The first-order valence-corrected chi connectivity index (χ1v) is 7.45. The van der Waals surface area contributed by atoms with E-state index < -0.39 is 0 Å². The van der Waals surface area contributed by atoms with Crippen molar-refractivity contribution in [3.8, 4) is 11.5 Å². The molecule has 1 aromatic heterocycles. The Morgan fingerprint density at radius 1 is 1.29 bits per heavy atom. The van der Waals surface area contributed by atoms with Crippen LogP contribution in [0.2, 0.25) is 0 Å². The molecule has 6 heteroatoms. The van der Waals surface area contributed by atoms with Gasteiger partial charge in [-0.1, -0.05) is 12.1 Å². The number of aryl methyl sites for hydroxylation is 2.